The minimum absolute atomic E-state index is 0.0537. The molecule has 6 nitrogen and oxygen atoms in total. The number of rotatable bonds is 2. The van der Waals surface area contributed by atoms with Crippen molar-refractivity contribution in [2.45, 2.75) is 6.92 Å². The Morgan fingerprint density at radius 3 is 2.82 bits per heavy atom. The van der Waals surface area contributed by atoms with Crippen LogP contribution in [0.5, 0.6) is 11.6 Å². The van der Waals surface area contributed by atoms with Crippen molar-refractivity contribution < 1.29 is 4.74 Å². The van der Waals surface area contributed by atoms with Crippen LogP contribution in [0.25, 0.3) is 0 Å². The van der Waals surface area contributed by atoms with E-state index in [-0.39, 0.29) is 11.6 Å². The number of H-pyrrole nitrogens is 1. The van der Waals surface area contributed by atoms with E-state index in [1.807, 2.05) is 6.92 Å². The Hall–Kier alpha value is -2.50. The van der Waals surface area contributed by atoms with Gasteiger partial charge >= 0.3 is 0 Å². The van der Waals surface area contributed by atoms with Crippen LogP contribution < -0.4 is 21.8 Å². The molecule has 0 aliphatic heterocycles. The van der Waals surface area contributed by atoms with Gasteiger partial charge in [-0.15, -0.1) is 0 Å². The van der Waals surface area contributed by atoms with Gasteiger partial charge in [0.05, 0.1) is 6.33 Å². The van der Waals surface area contributed by atoms with E-state index in [1.54, 1.807) is 18.2 Å². The molecule has 6 heteroatoms. The van der Waals surface area contributed by atoms with Crippen LogP contribution in [0.1, 0.15) is 5.56 Å². The van der Waals surface area contributed by atoms with E-state index in [1.165, 1.54) is 6.33 Å². The number of nitrogens with zero attached hydrogens (tertiary/aromatic N) is 1. The molecule has 2 rings (SSSR count). The number of hydrogen-bond acceptors (Lipinski definition) is 5. The standard InChI is InChI=1S/C11H12N4O2/c1-6-4-7(2-3-8(6)12)17-11-9(13)10(16)14-5-15-11/h2-5H,12-13H2,1H3,(H,14,15,16). The van der Waals surface area contributed by atoms with Gasteiger partial charge in [0.15, 0.2) is 5.69 Å². The Balaban J connectivity index is 2.35. The van der Waals surface area contributed by atoms with Crippen LogP contribution in [0.4, 0.5) is 11.4 Å². The number of aryl methyl sites for hydroxylation is 1. The Labute approximate surface area is 97.2 Å². The first-order valence-electron chi connectivity index (χ1n) is 4.95. The maximum atomic E-state index is 11.2. The monoisotopic (exact) mass is 232 g/mol. The summed E-state index contributed by atoms with van der Waals surface area (Å²) in [6, 6.07) is 5.15. The molecule has 1 aromatic carbocycles. The van der Waals surface area contributed by atoms with Crippen molar-refractivity contribution in [3.8, 4) is 11.6 Å². The van der Waals surface area contributed by atoms with Crippen molar-refractivity contribution in [2.24, 2.45) is 0 Å². The maximum absolute atomic E-state index is 11.2. The quantitative estimate of drug-likeness (QED) is 0.670. The summed E-state index contributed by atoms with van der Waals surface area (Å²) in [6.45, 7) is 1.86. The molecule has 0 amide bonds. The summed E-state index contributed by atoms with van der Waals surface area (Å²) in [7, 11) is 0. The third-order valence-electron chi connectivity index (χ3n) is 2.31. The van der Waals surface area contributed by atoms with Gasteiger partial charge < -0.3 is 21.2 Å². The molecule has 0 aliphatic carbocycles. The van der Waals surface area contributed by atoms with E-state index in [0.717, 1.165) is 5.56 Å². The van der Waals surface area contributed by atoms with E-state index in [0.29, 0.717) is 11.4 Å². The number of benzene rings is 1. The molecule has 0 radical (unpaired) electrons. The summed E-state index contributed by atoms with van der Waals surface area (Å²) in [5.74, 6) is 0.611. The van der Waals surface area contributed by atoms with Crippen LogP contribution in [0.15, 0.2) is 29.3 Å². The Kier molecular flexibility index (Phi) is 2.70. The zero-order chi connectivity index (χ0) is 12.4. The van der Waals surface area contributed by atoms with Crippen LogP contribution in [0.3, 0.4) is 0 Å². The van der Waals surface area contributed by atoms with Gasteiger partial charge in [-0.25, -0.2) is 4.98 Å². The number of aromatic nitrogens is 2. The molecule has 5 N–H and O–H groups in total. The number of nitrogens with one attached hydrogen (secondary N) is 1. The fraction of sp³-hybridized carbons (Fsp3) is 0.0909. The number of aromatic amines is 1. The lowest BCUT2D eigenvalue weighted by Crippen LogP contribution is -2.13. The fourth-order valence-electron chi connectivity index (χ4n) is 1.30. The lowest BCUT2D eigenvalue weighted by molar-refractivity contribution is 0.463. The molecule has 0 saturated heterocycles. The highest BCUT2D eigenvalue weighted by Crippen LogP contribution is 2.24. The minimum Gasteiger partial charge on any atom is -0.437 e. The number of hydrogen-bond donors (Lipinski definition) is 3. The minimum atomic E-state index is -0.429. The van der Waals surface area contributed by atoms with Crippen LogP contribution >= 0.6 is 0 Å². The molecule has 88 valence electrons. The summed E-state index contributed by atoms with van der Waals surface area (Å²) in [5, 5.41) is 0. The molecule has 0 atom stereocenters. The lowest BCUT2D eigenvalue weighted by Gasteiger charge is -2.07. The Morgan fingerprint density at radius 1 is 1.35 bits per heavy atom. The van der Waals surface area contributed by atoms with Crippen molar-refractivity contribution in [3.05, 3.63) is 40.4 Å². The average molecular weight is 232 g/mol. The topological polar surface area (TPSA) is 107 Å². The predicted molar refractivity (Wildman–Crippen MR) is 64.9 cm³/mol. The van der Waals surface area contributed by atoms with Crippen molar-refractivity contribution in [1.29, 1.82) is 0 Å². The van der Waals surface area contributed by atoms with Crippen molar-refractivity contribution in [3.63, 3.8) is 0 Å². The van der Waals surface area contributed by atoms with E-state index in [4.69, 9.17) is 16.2 Å². The zero-order valence-corrected chi connectivity index (χ0v) is 9.23. The Bertz CT molecular complexity index is 607. The largest absolute Gasteiger partial charge is 0.437 e. The van der Waals surface area contributed by atoms with Crippen molar-refractivity contribution in [1.82, 2.24) is 9.97 Å². The third-order valence-corrected chi connectivity index (χ3v) is 2.31. The molecule has 17 heavy (non-hydrogen) atoms. The second-order valence-corrected chi connectivity index (χ2v) is 3.57. The van der Waals surface area contributed by atoms with Gasteiger partial charge in [0.25, 0.3) is 5.56 Å². The highest BCUT2D eigenvalue weighted by atomic mass is 16.5. The molecule has 0 aliphatic rings. The summed E-state index contributed by atoms with van der Waals surface area (Å²) in [5.41, 5.74) is 12.3. The first kappa shape index (κ1) is 11.0. The van der Waals surface area contributed by atoms with E-state index in [2.05, 4.69) is 9.97 Å². The van der Waals surface area contributed by atoms with Gasteiger partial charge in [0.2, 0.25) is 5.88 Å². The maximum Gasteiger partial charge on any atom is 0.277 e. The molecular formula is C11H12N4O2. The molecule has 1 heterocycles. The molecule has 1 aromatic heterocycles. The smallest absolute Gasteiger partial charge is 0.277 e. The third kappa shape index (κ3) is 2.20. The zero-order valence-electron chi connectivity index (χ0n) is 9.23. The highest BCUT2D eigenvalue weighted by molar-refractivity contribution is 5.52. The summed E-state index contributed by atoms with van der Waals surface area (Å²) in [6.07, 6.45) is 1.23. The SMILES string of the molecule is Cc1cc(Oc2nc[nH]c(=O)c2N)ccc1N. The summed E-state index contributed by atoms with van der Waals surface area (Å²) >= 11 is 0. The first-order chi connectivity index (χ1) is 8.08. The number of anilines is 2. The second kappa shape index (κ2) is 4.17. The summed E-state index contributed by atoms with van der Waals surface area (Å²) in [4.78, 5) is 17.4. The molecule has 0 bridgehead atoms. The molecule has 0 fully saturated rings. The van der Waals surface area contributed by atoms with E-state index >= 15 is 0 Å². The van der Waals surface area contributed by atoms with Gasteiger partial charge in [-0.2, -0.15) is 0 Å². The molecule has 0 unspecified atom stereocenters. The van der Waals surface area contributed by atoms with E-state index < -0.39 is 5.56 Å². The predicted octanol–water partition coefficient (Wildman–Crippen LogP) is 1.04. The average Bonchev–Trinajstić information content (AvgIpc) is 2.30. The number of nitrogens with two attached hydrogens (primary N) is 2. The summed E-state index contributed by atoms with van der Waals surface area (Å²) < 4.78 is 5.41. The first-order valence-corrected chi connectivity index (χ1v) is 4.95. The lowest BCUT2D eigenvalue weighted by atomic mass is 10.2. The Morgan fingerprint density at radius 2 is 2.12 bits per heavy atom. The van der Waals surface area contributed by atoms with Gasteiger partial charge in [0.1, 0.15) is 5.75 Å². The van der Waals surface area contributed by atoms with Crippen LogP contribution in [-0.2, 0) is 0 Å². The molecule has 2 aromatic rings. The fourth-order valence-corrected chi connectivity index (χ4v) is 1.30. The van der Waals surface area contributed by atoms with Gasteiger partial charge in [-0.1, -0.05) is 0 Å². The van der Waals surface area contributed by atoms with Crippen LogP contribution in [-0.4, -0.2) is 9.97 Å². The van der Waals surface area contributed by atoms with Crippen LogP contribution in [0, 0.1) is 6.92 Å². The molecular weight excluding hydrogens is 220 g/mol. The van der Waals surface area contributed by atoms with Gasteiger partial charge in [-0.3, -0.25) is 4.79 Å². The number of nitrogen functional groups attached to an aromatic ring is 2. The second-order valence-electron chi connectivity index (χ2n) is 3.57. The molecule has 0 saturated carbocycles. The van der Waals surface area contributed by atoms with Crippen LogP contribution in [0.2, 0.25) is 0 Å². The normalized spacial score (nSPS) is 10.2. The number of ether oxygens (including phenoxy) is 1. The molecule has 0 spiro atoms. The van der Waals surface area contributed by atoms with Crippen molar-refractivity contribution >= 4 is 11.4 Å². The van der Waals surface area contributed by atoms with Gasteiger partial charge in [-0.05, 0) is 30.7 Å². The van der Waals surface area contributed by atoms with Gasteiger partial charge in [0, 0.05) is 5.69 Å². The van der Waals surface area contributed by atoms with E-state index in [9.17, 15) is 4.79 Å². The van der Waals surface area contributed by atoms with Crippen molar-refractivity contribution in [2.75, 3.05) is 11.5 Å². The highest BCUT2D eigenvalue weighted by Gasteiger charge is 2.07.